The van der Waals surface area contributed by atoms with E-state index in [0.29, 0.717) is 22.6 Å². The van der Waals surface area contributed by atoms with E-state index >= 15 is 0 Å². The number of benzene rings is 3. The van der Waals surface area contributed by atoms with Gasteiger partial charge in [-0.15, -0.1) is 0 Å². The second kappa shape index (κ2) is 10.3. The Morgan fingerprint density at radius 1 is 0.944 bits per heavy atom. The maximum Gasteiger partial charge on any atom is 0.300 e. The highest BCUT2D eigenvalue weighted by atomic mass is 16.5. The fourth-order valence-corrected chi connectivity index (χ4v) is 4.75. The van der Waals surface area contributed by atoms with Gasteiger partial charge in [0.1, 0.15) is 11.5 Å². The molecule has 1 amide bonds. The first kappa shape index (κ1) is 25.0. The summed E-state index contributed by atoms with van der Waals surface area (Å²) in [5.41, 5.74) is 4.72. The molecule has 1 heterocycles. The van der Waals surface area contributed by atoms with Gasteiger partial charge in [-0.2, -0.15) is 0 Å². The fourth-order valence-electron chi connectivity index (χ4n) is 4.75. The van der Waals surface area contributed by atoms with Gasteiger partial charge in [-0.05, 0) is 81.3 Å². The monoisotopic (exact) mass is 484 g/mol. The predicted octanol–water partition coefficient (Wildman–Crippen LogP) is 5.78. The summed E-state index contributed by atoms with van der Waals surface area (Å²) in [5, 5.41) is 11.4. The number of hydrogen-bond acceptors (Lipinski definition) is 5. The minimum atomic E-state index is -0.782. The SMILES string of the molecule is CCN(CC)c1ccc(N2C(=O)C(=O)/C(=C(/O)c3cc(C)ccc3C)C2c2ccc(OC)cc2)cc1. The Labute approximate surface area is 212 Å². The maximum absolute atomic E-state index is 13.4. The van der Waals surface area contributed by atoms with Crippen LogP contribution >= 0.6 is 0 Å². The molecule has 6 nitrogen and oxygen atoms in total. The molecular weight excluding hydrogens is 452 g/mol. The van der Waals surface area contributed by atoms with E-state index in [-0.39, 0.29) is 11.3 Å². The second-order valence-electron chi connectivity index (χ2n) is 8.95. The lowest BCUT2D eigenvalue weighted by molar-refractivity contribution is -0.132. The van der Waals surface area contributed by atoms with E-state index < -0.39 is 17.7 Å². The van der Waals surface area contributed by atoms with Gasteiger partial charge in [0.2, 0.25) is 0 Å². The Hall–Kier alpha value is -4.06. The number of ketones is 1. The highest BCUT2D eigenvalue weighted by Gasteiger charge is 2.47. The number of ether oxygens (including phenoxy) is 1. The number of aliphatic hydroxyl groups is 1. The largest absolute Gasteiger partial charge is 0.507 e. The average Bonchev–Trinajstić information content (AvgIpc) is 3.16. The molecule has 3 aromatic carbocycles. The van der Waals surface area contributed by atoms with Crippen molar-refractivity contribution in [2.45, 2.75) is 33.7 Å². The minimum absolute atomic E-state index is 0.0756. The second-order valence-corrected chi connectivity index (χ2v) is 8.95. The summed E-state index contributed by atoms with van der Waals surface area (Å²) in [6.07, 6.45) is 0. The van der Waals surface area contributed by atoms with Crippen molar-refractivity contribution in [3.8, 4) is 5.75 Å². The molecule has 0 bridgehead atoms. The van der Waals surface area contributed by atoms with Crippen molar-refractivity contribution >= 4 is 28.8 Å². The third-order valence-corrected chi connectivity index (χ3v) is 6.78. The van der Waals surface area contributed by atoms with Crippen LogP contribution in [0.5, 0.6) is 5.75 Å². The van der Waals surface area contributed by atoms with E-state index in [1.807, 2.05) is 68.4 Å². The minimum Gasteiger partial charge on any atom is -0.507 e. The van der Waals surface area contributed by atoms with Crippen molar-refractivity contribution in [3.05, 3.63) is 94.6 Å². The molecule has 3 aromatic rings. The Morgan fingerprint density at radius 3 is 2.17 bits per heavy atom. The summed E-state index contributed by atoms with van der Waals surface area (Å²) in [6, 6.07) is 19.7. The van der Waals surface area contributed by atoms with Gasteiger partial charge in [0.25, 0.3) is 11.7 Å². The number of rotatable bonds is 7. The number of anilines is 2. The van der Waals surface area contributed by atoms with Crippen LogP contribution in [0.1, 0.15) is 42.1 Å². The molecule has 0 spiro atoms. The average molecular weight is 485 g/mol. The van der Waals surface area contributed by atoms with Crippen LogP contribution in [0.15, 0.2) is 72.3 Å². The molecule has 1 fully saturated rings. The summed E-state index contributed by atoms with van der Waals surface area (Å²) in [4.78, 5) is 30.6. The Balaban J connectivity index is 1.90. The standard InChI is InChI=1S/C30H32N2O4/c1-6-31(7-2)22-12-14-23(15-13-22)32-27(21-10-16-24(36-5)17-11-21)26(29(34)30(32)35)28(33)25-18-19(3)8-9-20(25)4/h8-18,27,33H,6-7H2,1-5H3/b28-26+. The van der Waals surface area contributed by atoms with Gasteiger partial charge in [0, 0.05) is 30.0 Å². The Kier molecular flexibility index (Phi) is 7.15. The Bertz CT molecular complexity index is 1310. The van der Waals surface area contributed by atoms with Gasteiger partial charge in [-0.25, -0.2) is 0 Å². The lowest BCUT2D eigenvalue weighted by Gasteiger charge is -2.27. The lowest BCUT2D eigenvalue weighted by atomic mass is 9.93. The number of carbonyl (C=O) groups excluding carboxylic acids is 2. The van der Waals surface area contributed by atoms with Crippen LogP contribution in [0, 0.1) is 13.8 Å². The number of aryl methyl sites for hydroxylation is 2. The molecule has 36 heavy (non-hydrogen) atoms. The summed E-state index contributed by atoms with van der Waals surface area (Å²) in [7, 11) is 1.58. The van der Waals surface area contributed by atoms with Crippen molar-refractivity contribution in [3.63, 3.8) is 0 Å². The van der Waals surface area contributed by atoms with Crippen molar-refractivity contribution in [2.75, 3.05) is 30.0 Å². The number of hydrogen-bond donors (Lipinski definition) is 1. The molecule has 1 atom stereocenters. The van der Waals surface area contributed by atoms with Gasteiger partial charge < -0.3 is 14.7 Å². The topological polar surface area (TPSA) is 70.1 Å². The number of nitrogens with zero attached hydrogens (tertiary/aromatic N) is 2. The zero-order chi connectivity index (χ0) is 26.0. The lowest BCUT2D eigenvalue weighted by Crippen LogP contribution is -2.29. The van der Waals surface area contributed by atoms with Crippen molar-refractivity contribution in [1.82, 2.24) is 0 Å². The van der Waals surface area contributed by atoms with Crippen LogP contribution in [-0.4, -0.2) is 37.0 Å². The van der Waals surface area contributed by atoms with Crippen LogP contribution in [-0.2, 0) is 9.59 Å². The van der Waals surface area contributed by atoms with Gasteiger partial charge in [0.05, 0.1) is 18.7 Å². The molecule has 1 aliphatic rings. The Morgan fingerprint density at radius 2 is 1.58 bits per heavy atom. The molecule has 0 radical (unpaired) electrons. The van der Waals surface area contributed by atoms with E-state index in [0.717, 1.165) is 29.9 Å². The van der Waals surface area contributed by atoms with Crippen LogP contribution in [0.25, 0.3) is 5.76 Å². The number of Topliss-reactive ketones (excluding diaryl/α,β-unsaturated/α-hetero) is 1. The van der Waals surface area contributed by atoms with Gasteiger partial charge >= 0.3 is 0 Å². The molecule has 0 aliphatic carbocycles. The number of carbonyl (C=O) groups is 2. The molecule has 0 aromatic heterocycles. The quantitative estimate of drug-likeness (QED) is 0.261. The van der Waals surface area contributed by atoms with E-state index in [1.54, 1.807) is 19.2 Å². The molecule has 0 saturated carbocycles. The van der Waals surface area contributed by atoms with Crippen molar-refractivity contribution in [1.29, 1.82) is 0 Å². The summed E-state index contributed by atoms with van der Waals surface area (Å²) in [6.45, 7) is 9.70. The molecule has 186 valence electrons. The van der Waals surface area contributed by atoms with E-state index in [9.17, 15) is 14.7 Å². The normalized spacial score (nSPS) is 16.9. The van der Waals surface area contributed by atoms with E-state index in [1.165, 1.54) is 4.90 Å². The van der Waals surface area contributed by atoms with E-state index in [2.05, 4.69) is 18.7 Å². The van der Waals surface area contributed by atoms with Gasteiger partial charge in [0.15, 0.2) is 0 Å². The van der Waals surface area contributed by atoms with Crippen LogP contribution in [0.2, 0.25) is 0 Å². The molecule has 1 unspecified atom stereocenters. The van der Waals surface area contributed by atoms with Gasteiger partial charge in [-0.3, -0.25) is 14.5 Å². The van der Waals surface area contributed by atoms with Crippen LogP contribution in [0.3, 0.4) is 0 Å². The molecule has 1 N–H and O–H groups in total. The first-order valence-corrected chi connectivity index (χ1v) is 12.2. The first-order valence-electron chi connectivity index (χ1n) is 12.2. The highest BCUT2D eigenvalue weighted by molar-refractivity contribution is 6.51. The number of amides is 1. The molecule has 4 rings (SSSR count). The van der Waals surface area contributed by atoms with Crippen LogP contribution < -0.4 is 14.5 Å². The first-order chi connectivity index (χ1) is 17.3. The van der Waals surface area contributed by atoms with Crippen LogP contribution in [0.4, 0.5) is 11.4 Å². The third-order valence-electron chi connectivity index (χ3n) is 6.78. The molecule has 1 aliphatic heterocycles. The zero-order valence-electron chi connectivity index (χ0n) is 21.4. The number of methoxy groups -OCH3 is 1. The van der Waals surface area contributed by atoms with Crippen molar-refractivity contribution in [2.24, 2.45) is 0 Å². The van der Waals surface area contributed by atoms with Gasteiger partial charge in [-0.1, -0.05) is 29.8 Å². The fraction of sp³-hybridized carbons (Fsp3) is 0.267. The summed E-state index contributed by atoms with van der Waals surface area (Å²) in [5.74, 6) is -0.883. The van der Waals surface area contributed by atoms with E-state index in [4.69, 9.17) is 4.74 Å². The predicted molar refractivity (Wildman–Crippen MR) is 144 cm³/mol. The molecule has 6 heteroatoms. The molecular formula is C30H32N2O4. The molecule has 1 saturated heterocycles. The van der Waals surface area contributed by atoms with Crippen molar-refractivity contribution < 1.29 is 19.4 Å². The number of aliphatic hydroxyl groups excluding tert-OH is 1. The highest BCUT2D eigenvalue weighted by Crippen LogP contribution is 2.43. The third kappa shape index (κ3) is 4.47. The summed E-state index contributed by atoms with van der Waals surface area (Å²) < 4.78 is 5.30. The summed E-state index contributed by atoms with van der Waals surface area (Å²) >= 11 is 0. The maximum atomic E-state index is 13.4. The zero-order valence-corrected chi connectivity index (χ0v) is 21.4. The smallest absolute Gasteiger partial charge is 0.300 e.